The van der Waals surface area contributed by atoms with Gasteiger partial charge in [0.1, 0.15) is 18.1 Å². The Kier molecular flexibility index (Phi) is 7.61. The summed E-state index contributed by atoms with van der Waals surface area (Å²) < 4.78 is 16.4. The van der Waals surface area contributed by atoms with E-state index in [-0.39, 0.29) is 13.2 Å². The number of ether oxygens (including phenoxy) is 3. The highest BCUT2D eigenvalue weighted by Crippen LogP contribution is 2.25. The molecule has 1 atom stereocenters. The fourth-order valence-corrected chi connectivity index (χ4v) is 2.61. The van der Waals surface area contributed by atoms with E-state index in [4.69, 9.17) is 30.6 Å². The van der Waals surface area contributed by atoms with Crippen LogP contribution in [0.2, 0.25) is 5.02 Å². The van der Waals surface area contributed by atoms with Crippen molar-refractivity contribution in [2.45, 2.75) is 26.9 Å². The van der Waals surface area contributed by atoms with Crippen LogP contribution in [0, 0.1) is 0 Å². The van der Waals surface area contributed by atoms with Crippen molar-refractivity contribution < 1.29 is 23.8 Å². The normalized spacial score (nSPS) is 11.5. The van der Waals surface area contributed by atoms with Crippen molar-refractivity contribution in [1.29, 1.82) is 0 Å². The van der Waals surface area contributed by atoms with Gasteiger partial charge in [0.05, 0.1) is 22.9 Å². The van der Waals surface area contributed by atoms with E-state index in [1.54, 1.807) is 49.4 Å². The maximum atomic E-state index is 12.0. The van der Waals surface area contributed by atoms with E-state index >= 15 is 0 Å². The van der Waals surface area contributed by atoms with E-state index in [9.17, 15) is 4.79 Å². The van der Waals surface area contributed by atoms with Gasteiger partial charge in [-0.2, -0.15) is 0 Å². The van der Waals surface area contributed by atoms with E-state index in [2.05, 4.69) is 15.1 Å². The zero-order chi connectivity index (χ0) is 22.2. The van der Waals surface area contributed by atoms with Crippen LogP contribution in [0.4, 0.5) is 0 Å². The molecule has 0 spiro atoms. The van der Waals surface area contributed by atoms with E-state index in [1.165, 1.54) is 6.20 Å². The maximum Gasteiger partial charge on any atom is 0.347 e. The Bertz CT molecular complexity index is 1070. The predicted octanol–water partition coefficient (Wildman–Crippen LogP) is 4.80. The lowest BCUT2D eigenvalue weighted by Crippen LogP contribution is -2.27. The Morgan fingerprint density at radius 3 is 2.55 bits per heavy atom. The summed E-state index contributed by atoms with van der Waals surface area (Å²) in [5.41, 5.74) is 2.15. The molecule has 0 saturated carbocycles. The second kappa shape index (κ2) is 10.6. The average molecular weight is 444 g/mol. The molecule has 0 aliphatic rings. The first-order chi connectivity index (χ1) is 14.9. The summed E-state index contributed by atoms with van der Waals surface area (Å²) >= 11 is 5.96. The second-order valence-corrected chi connectivity index (χ2v) is 7.15. The van der Waals surface area contributed by atoms with E-state index in [0.717, 1.165) is 5.71 Å². The molecule has 0 amide bonds. The molecule has 3 aromatic rings. The zero-order valence-electron chi connectivity index (χ0n) is 17.4. The topological polar surface area (TPSA) is 92.1 Å². The summed E-state index contributed by atoms with van der Waals surface area (Å²) in [6.45, 7) is 5.50. The fourth-order valence-electron chi connectivity index (χ4n) is 2.45. The molecule has 0 radical (unpaired) electrons. The Balaban J connectivity index is 1.51. The van der Waals surface area contributed by atoms with Gasteiger partial charge in [-0.05, 0) is 63.2 Å². The standard InChI is InChI=1S/C22H22ClN3O5/c1-14(2)26-29-11-10-28-22(27)15(3)30-17-5-7-18(8-6-17)31-21-13-24-20-12-16(23)4-9-19(20)25-21/h4-9,12-13,15H,10-11H2,1-3H3/t15-/m0/s1. The molecule has 0 bridgehead atoms. The quantitative estimate of drug-likeness (QED) is 0.203. The van der Waals surface area contributed by atoms with Crippen molar-refractivity contribution in [2.75, 3.05) is 13.2 Å². The van der Waals surface area contributed by atoms with Crippen LogP contribution >= 0.6 is 11.6 Å². The lowest BCUT2D eigenvalue weighted by molar-refractivity contribution is -0.152. The van der Waals surface area contributed by atoms with Crippen LogP contribution in [0.1, 0.15) is 20.8 Å². The van der Waals surface area contributed by atoms with E-state index in [0.29, 0.717) is 33.4 Å². The highest BCUT2D eigenvalue weighted by molar-refractivity contribution is 6.31. The Hall–Kier alpha value is -3.39. The number of rotatable bonds is 9. The van der Waals surface area contributed by atoms with Crippen molar-refractivity contribution in [2.24, 2.45) is 5.16 Å². The van der Waals surface area contributed by atoms with Gasteiger partial charge in [-0.3, -0.25) is 0 Å². The van der Waals surface area contributed by atoms with Gasteiger partial charge in [0.15, 0.2) is 12.7 Å². The van der Waals surface area contributed by atoms with Gasteiger partial charge >= 0.3 is 5.97 Å². The van der Waals surface area contributed by atoms with Crippen LogP contribution in [0.15, 0.2) is 53.8 Å². The van der Waals surface area contributed by atoms with Gasteiger partial charge in [-0.25, -0.2) is 14.8 Å². The van der Waals surface area contributed by atoms with Gasteiger partial charge in [0.25, 0.3) is 0 Å². The van der Waals surface area contributed by atoms with Crippen LogP contribution in [0.5, 0.6) is 17.4 Å². The van der Waals surface area contributed by atoms with Crippen molar-refractivity contribution >= 4 is 34.3 Å². The first-order valence-corrected chi connectivity index (χ1v) is 9.95. The maximum absolute atomic E-state index is 12.0. The molecule has 3 rings (SSSR count). The lowest BCUT2D eigenvalue weighted by atomic mass is 10.3. The number of carbonyl (C=O) groups is 1. The van der Waals surface area contributed by atoms with Crippen molar-refractivity contribution in [3.8, 4) is 17.4 Å². The SMILES string of the molecule is CC(C)=NOCCOC(=O)[C@H](C)Oc1ccc(Oc2cnc3cc(Cl)ccc3n2)cc1. The minimum absolute atomic E-state index is 0.0924. The third-order valence-corrected chi connectivity index (χ3v) is 4.07. The number of hydrogen-bond acceptors (Lipinski definition) is 8. The van der Waals surface area contributed by atoms with Gasteiger partial charge in [0.2, 0.25) is 5.88 Å². The molecule has 0 aliphatic carbocycles. The molecule has 1 aromatic heterocycles. The van der Waals surface area contributed by atoms with E-state index < -0.39 is 12.1 Å². The van der Waals surface area contributed by atoms with Crippen molar-refractivity contribution in [3.63, 3.8) is 0 Å². The number of carbonyl (C=O) groups excluding carboxylic acids is 1. The largest absolute Gasteiger partial charge is 0.479 e. The fraction of sp³-hybridized carbons (Fsp3) is 0.273. The molecular weight excluding hydrogens is 422 g/mol. The first-order valence-electron chi connectivity index (χ1n) is 9.57. The van der Waals surface area contributed by atoms with Crippen molar-refractivity contribution in [3.05, 3.63) is 53.7 Å². The third kappa shape index (κ3) is 6.82. The monoisotopic (exact) mass is 443 g/mol. The first kappa shape index (κ1) is 22.3. The molecule has 1 heterocycles. The van der Waals surface area contributed by atoms with Gasteiger partial charge in [-0.1, -0.05) is 16.8 Å². The number of nitrogens with zero attached hydrogens (tertiary/aromatic N) is 3. The molecule has 9 heteroatoms. The van der Waals surface area contributed by atoms with Crippen LogP contribution in [0.3, 0.4) is 0 Å². The number of oxime groups is 1. The minimum Gasteiger partial charge on any atom is -0.479 e. The highest BCUT2D eigenvalue weighted by atomic mass is 35.5. The number of esters is 1. The van der Waals surface area contributed by atoms with Crippen LogP contribution in [0.25, 0.3) is 11.0 Å². The van der Waals surface area contributed by atoms with E-state index in [1.807, 2.05) is 13.8 Å². The third-order valence-electron chi connectivity index (χ3n) is 3.84. The van der Waals surface area contributed by atoms with Crippen LogP contribution < -0.4 is 9.47 Å². The zero-order valence-corrected chi connectivity index (χ0v) is 18.1. The Morgan fingerprint density at radius 1 is 1.06 bits per heavy atom. The summed E-state index contributed by atoms with van der Waals surface area (Å²) in [7, 11) is 0. The molecule has 0 aliphatic heterocycles. The molecule has 31 heavy (non-hydrogen) atoms. The average Bonchev–Trinajstić information content (AvgIpc) is 2.74. The van der Waals surface area contributed by atoms with Gasteiger partial charge in [-0.15, -0.1) is 0 Å². The number of halogens is 1. The number of benzene rings is 2. The molecule has 0 N–H and O–H groups in total. The molecule has 8 nitrogen and oxygen atoms in total. The van der Waals surface area contributed by atoms with Crippen molar-refractivity contribution in [1.82, 2.24) is 9.97 Å². The molecule has 0 unspecified atom stereocenters. The van der Waals surface area contributed by atoms with Crippen LogP contribution in [-0.2, 0) is 14.4 Å². The molecule has 162 valence electrons. The van der Waals surface area contributed by atoms with Crippen LogP contribution in [-0.4, -0.2) is 41.0 Å². The molecule has 2 aromatic carbocycles. The summed E-state index contributed by atoms with van der Waals surface area (Å²) in [4.78, 5) is 25.7. The molecule has 0 saturated heterocycles. The van der Waals surface area contributed by atoms with Gasteiger partial charge in [0, 0.05) is 5.02 Å². The number of fused-ring (bicyclic) bond motifs is 1. The smallest absolute Gasteiger partial charge is 0.347 e. The second-order valence-electron chi connectivity index (χ2n) is 6.71. The number of aromatic nitrogens is 2. The van der Waals surface area contributed by atoms with Gasteiger partial charge < -0.3 is 19.0 Å². The summed E-state index contributed by atoms with van der Waals surface area (Å²) in [6, 6.07) is 12.1. The summed E-state index contributed by atoms with van der Waals surface area (Å²) in [5, 5.41) is 4.35. The predicted molar refractivity (Wildman–Crippen MR) is 117 cm³/mol. The number of hydrogen-bond donors (Lipinski definition) is 0. The summed E-state index contributed by atoms with van der Waals surface area (Å²) in [5.74, 6) is 0.908. The molecule has 0 fully saturated rings. The minimum atomic E-state index is -0.777. The Labute approximate surface area is 184 Å². The highest BCUT2D eigenvalue weighted by Gasteiger charge is 2.16. The summed E-state index contributed by atoms with van der Waals surface area (Å²) in [6.07, 6.45) is 0.749. The molecular formula is C22H22ClN3O5. The lowest BCUT2D eigenvalue weighted by Gasteiger charge is -2.14. The Morgan fingerprint density at radius 2 is 1.81 bits per heavy atom.